The molecule has 0 aliphatic carbocycles. The Kier molecular flexibility index (Phi) is 6.67. The third-order valence-electron chi connectivity index (χ3n) is 4.35. The molecule has 2 aliphatic rings. The molecular weight excluding hydrogens is 360 g/mol. The van der Waals surface area contributed by atoms with Gasteiger partial charge in [-0.05, 0) is 24.1 Å². The van der Waals surface area contributed by atoms with Gasteiger partial charge < -0.3 is 19.3 Å². The van der Waals surface area contributed by atoms with Gasteiger partial charge in [-0.2, -0.15) is 5.10 Å². The molecule has 28 heavy (non-hydrogen) atoms. The first-order valence-corrected chi connectivity index (χ1v) is 9.27. The van der Waals surface area contributed by atoms with Crippen LogP contribution in [0.2, 0.25) is 0 Å². The number of ether oxygens (including phenoxy) is 2. The van der Waals surface area contributed by atoms with E-state index in [2.05, 4.69) is 10.5 Å². The molecule has 148 valence electrons. The molecule has 0 aromatic heterocycles. The Morgan fingerprint density at radius 3 is 2.64 bits per heavy atom. The first-order chi connectivity index (χ1) is 13.7. The van der Waals surface area contributed by atoms with Crippen molar-refractivity contribution in [1.29, 1.82) is 0 Å². The smallest absolute Gasteiger partial charge is 0.337 e. The van der Waals surface area contributed by atoms with E-state index in [1.807, 2.05) is 37.3 Å². The van der Waals surface area contributed by atoms with Crippen molar-refractivity contribution in [3.8, 4) is 11.5 Å². The Balaban J connectivity index is 1.44. The zero-order valence-corrected chi connectivity index (χ0v) is 15.8. The molecule has 8 nitrogen and oxygen atoms in total. The fourth-order valence-corrected chi connectivity index (χ4v) is 2.82. The van der Waals surface area contributed by atoms with E-state index in [0.717, 1.165) is 23.5 Å². The van der Waals surface area contributed by atoms with Crippen LogP contribution in [0.4, 0.5) is 4.79 Å². The zero-order valence-electron chi connectivity index (χ0n) is 15.8. The SMILES string of the molecule is CC/C=N/NC(=O)N1CCN(C(=O)/C=C/C=C/c2ccc3c(c2)OCO3)CC1. The summed E-state index contributed by atoms with van der Waals surface area (Å²) in [6.07, 6.45) is 9.35. The van der Waals surface area contributed by atoms with Crippen LogP contribution in [0.15, 0.2) is 41.5 Å². The third-order valence-corrected chi connectivity index (χ3v) is 4.35. The van der Waals surface area contributed by atoms with Crippen LogP contribution in [-0.4, -0.2) is 60.9 Å². The molecule has 0 radical (unpaired) electrons. The average molecular weight is 384 g/mol. The molecule has 3 amide bonds. The summed E-state index contributed by atoms with van der Waals surface area (Å²) in [7, 11) is 0. The van der Waals surface area contributed by atoms with Crippen LogP contribution >= 0.6 is 0 Å². The van der Waals surface area contributed by atoms with Crippen molar-refractivity contribution < 1.29 is 19.1 Å². The lowest BCUT2D eigenvalue weighted by Crippen LogP contribution is -2.52. The number of benzene rings is 1. The Morgan fingerprint density at radius 1 is 1.11 bits per heavy atom. The Labute approximate surface area is 164 Å². The van der Waals surface area contributed by atoms with Crippen LogP contribution in [0.3, 0.4) is 0 Å². The quantitative estimate of drug-likeness (QED) is 0.365. The normalized spacial score (nSPS) is 16.5. The van der Waals surface area contributed by atoms with E-state index < -0.39 is 0 Å². The monoisotopic (exact) mass is 384 g/mol. The molecule has 1 fully saturated rings. The maximum absolute atomic E-state index is 12.3. The van der Waals surface area contributed by atoms with E-state index in [4.69, 9.17) is 9.47 Å². The molecule has 2 heterocycles. The number of hydrogen-bond donors (Lipinski definition) is 1. The van der Waals surface area contributed by atoms with Gasteiger partial charge in [0.1, 0.15) is 0 Å². The Bertz CT molecular complexity index is 795. The minimum atomic E-state index is -0.237. The van der Waals surface area contributed by atoms with Crippen molar-refractivity contribution in [3.63, 3.8) is 0 Å². The van der Waals surface area contributed by atoms with Gasteiger partial charge in [-0.15, -0.1) is 0 Å². The molecule has 1 saturated heterocycles. The molecule has 1 aromatic carbocycles. The van der Waals surface area contributed by atoms with Gasteiger partial charge in [0.2, 0.25) is 12.7 Å². The lowest BCUT2D eigenvalue weighted by Gasteiger charge is -2.33. The van der Waals surface area contributed by atoms with Crippen LogP contribution < -0.4 is 14.9 Å². The lowest BCUT2D eigenvalue weighted by molar-refractivity contribution is -0.127. The van der Waals surface area contributed by atoms with Crippen LogP contribution in [0.1, 0.15) is 18.9 Å². The molecule has 0 bridgehead atoms. The summed E-state index contributed by atoms with van der Waals surface area (Å²) in [5.41, 5.74) is 3.45. The van der Waals surface area contributed by atoms with E-state index in [-0.39, 0.29) is 18.7 Å². The van der Waals surface area contributed by atoms with Gasteiger partial charge in [0.05, 0.1) is 0 Å². The van der Waals surface area contributed by atoms with Crippen molar-refractivity contribution >= 4 is 24.2 Å². The Hall–Kier alpha value is -3.29. The van der Waals surface area contributed by atoms with E-state index in [0.29, 0.717) is 26.2 Å². The summed E-state index contributed by atoms with van der Waals surface area (Å²) >= 11 is 0. The van der Waals surface area contributed by atoms with E-state index >= 15 is 0 Å². The van der Waals surface area contributed by atoms with Gasteiger partial charge in [0.25, 0.3) is 0 Å². The van der Waals surface area contributed by atoms with Gasteiger partial charge in [-0.1, -0.05) is 31.2 Å². The van der Waals surface area contributed by atoms with Crippen molar-refractivity contribution in [3.05, 3.63) is 42.0 Å². The first kappa shape index (κ1) is 19.5. The fraction of sp³-hybridized carbons (Fsp3) is 0.350. The third kappa shape index (κ3) is 5.12. The number of hydrazone groups is 1. The van der Waals surface area contributed by atoms with Crippen LogP contribution in [0.25, 0.3) is 6.08 Å². The number of nitrogens with zero attached hydrogens (tertiary/aromatic N) is 3. The van der Waals surface area contributed by atoms with Crippen molar-refractivity contribution in [2.24, 2.45) is 5.10 Å². The number of carbonyl (C=O) groups excluding carboxylic acids is 2. The van der Waals surface area contributed by atoms with Crippen molar-refractivity contribution in [2.75, 3.05) is 33.0 Å². The molecule has 2 aliphatic heterocycles. The number of rotatable bonds is 5. The number of allylic oxidation sites excluding steroid dienone is 2. The fourth-order valence-electron chi connectivity index (χ4n) is 2.82. The molecule has 0 saturated carbocycles. The predicted octanol–water partition coefficient (Wildman–Crippen LogP) is 2.23. The van der Waals surface area contributed by atoms with Gasteiger partial charge in [-0.3, -0.25) is 4.79 Å². The van der Waals surface area contributed by atoms with E-state index in [1.54, 1.807) is 22.1 Å². The maximum Gasteiger partial charge on any atom is 0.337 e. The van der Waals surface area contributed by atoms with Gasteiger partial charge in [0, 0.05) is 38.5 Å². The molecule has 8 heteroatoms. The molecule has 3 rings (SSSR count). The summed E-state index contributed by atoms with van der Waals surface area (Å²) < 4.78 is 10.6. The number of urea groups is 1. The molecular formula is C20H24N4O4. The second-order valence-electron chi connectivity index (χ2n) is 6.28. The molecule has 0 unspecified atom stereocenters. The number of nitrogens with one attached hydrogen (secondary N) is 1. The number of hydrogen-bond acceptors (Lipinski definition) is 5. The summed E-state index contributed by atoms with van der Waals surface area (Å²) in [5.74, 6) is 1.40. The minimum Gasteiger partial charge on any atom is -0.454 e. The molecule has 0 spiro atoms. The highest BCUT2D eigenvalue weighted by Gasteiger charge is 2.22. The van der Waals surface area contributed by atoms with E-state index in [1.165, 1.54) is 6.08 Å². The summed E-state index contributed by atoms with van der Waals surface area (Å²) in [5, 5.41) is 3.83. The lowest BCUT2D eigenvalue weighted by atomic mass is 10.2. The highest BCUT2D eigenvalue weighted by Crippen LogP contribution is 2.32. The highest BCUT2D eigenvalue weighted by atomic mass is 16.7. The first-order valence-electron chi connectivity index (χ1n) is 9.27. The van der Waals surface area contributed by atoms with Gasteiger partial charge >= 0.3 is 6.03 Å². The summed E-state index contributed by atoms with van der Waals surface area (Å²) in [6, 6.07) is 5.44. The van der Waals surface area contributed by atoms with Gasteiger partial charge in [0.15, 0.2) is 11.5 Å². The maximum atomic E-state index is 12.3. The number of piperazine rings is 1. The van der Waals surface area contributed by atoms with Crippen LogP contribution in [-0.2, 0) is 4.79 Å². The van der Waals surface area contributed by atoms with Crippen LogP contribution in [0.5, 0.6) is 11.5 Å². The molecule has 1 N–H and O–H groups in total. The minimum absolute atomic E-state index is 0.0700. The van der Waals surface area contributed by atoms with E-state index in [9.17, 15) is 9.59 Å². The number of amides is 3. The van der Waals surface area contributed by atoms with Crippen molar-refractivity contribution in [2.45, 2.75) is 13.3 Å². The van der Waals surface area contributed by atoms with Crippen LogP contribution in [0, 0.1) is 0 Å². The second-order valence-corrected chi connectivity index (χ2v) is 6.28. The topological polar surface area (TPSA) is 83.5 Å². The highest BCUT2D eigenvalue weighted by molar-refractivity contribution is 5.88. The predicted molar refractivity (Wildman–Crippen MR) is 106 cm³/mol. The number of carbonyl (C=O) groups is 2. The van der Waals surface area contributed by atoms with Crippen molar-refractivity contribution in [1.82, 2.24) is 15.2 Å². The average Bonchev–Trinajstić information content (AvgIpc) is 3.19. The Morgan fingerprint density at radius 2 is 1.86 bits per heavy atom. The molecule has 1 aromatic rings. The zero-order chi connectivity index (χ0) is 19.8. The largest absolute Gasteiger partial charge is 0.454 e. The molecule has 0 atom stereocenters. The van der Waals surface area contributed by atoms with Gasteiger partial charge in [-0.25, -0.2) is 10.2 Å². The summed E-state index contributed by atoms with van der Waals surface area (Å²) in [6.45, 7) is 4.16. The second kappa shape index (κ2) is 9.59. The number of fused-ring (bicyclic) bond motifs is 1. The summed E-state index contributed by atoms with van der Waals surface area (Å²) in [4.78, 5) is 27.6. The standard InChI is InChI=1S/C20H24N4O4/c1-2-9-21-22-20(26)24-12-10-23(11-13-24)19(25)6-4-3-5-16-7-8-17-18(14-16)28-15-27-17/h3-9,14H,2,10-13,15H2,1H3,(H,22,26)/b5-3+,6-4+,21-9+.